The molecule has 130 valence electrons. The topological polar surface area (TPSA) is 83.2 Å². The van der Waals surface area contributed by atoms with Gasteiger partial charge < -0.3 is 14.2 Å². The van der Waals surface area contributed by atoms with E-state index in [4.69, 9.17) is 16.0 Å². The highest BCUT2D eigenvalue weighted by atomic mass is 35.5. The molecule has 0 saturated heterocycles. The van der Waals surface area contributed by atoms with E-state index in [1.54, 1.807) is 0 Å². The summed E-state index contributed by atoms with van der Waals surface area (Å²) in [5.74, 6) is 1.07. The minimum atomic E-state index is 0.265. The normalized spacial score (nSPS) is 10.9. The maximum Gasteiger partial charge on any atom is 0.321 e. The number of anilines is 4. The Balaban J connectivity index is 1.97. The zero-order valence-electron chi connectivity index (χ0n) is 14.1. The van der Waals surface area contributed by atoms with Crippen molar-refractivity contribution in [2.24, 2.45) is 0 Å². The average molecular weight is 360 g/mol. The Labute approximate surface area is 150 Å². The van der Waals surface area contributed by atoms with E-state index in [-0.39, 0.29) is 6.01 Å². The molecular formula is C16H18ClN7O. The first-order chi connectivity index (χ1) is 12.0. The number of aromatic nitrogens is 4. The van der Waals surface area contributed by atoms with Crippen molar-refractivity contribution in [3.63, 3.8) is 0 Å². The minimum absolute atomic E-state index is 0.265. The largest absolute Gasteiger partial charge is 0.411 e. The van der Waals surface area contributed by atoms with Gasteiger partial charge in [-0.3, -0.25) is 5.32 Å². The number of hydrogen-bond donors (Lipinski definition) is 1. The summed E-state index contributed by atoms with van der Waals surface area (Å²) < 4.78 is 5.12. The molecule has 2 aromatic heterocycles. The van der Waals surface area contributed by atoms with E-state index in [0.29, 0.717) is 23.3 Å². The fourth-order valence-corrected chi connectivity index (χ4v) is 2.53. The molecule has 2 heterocycles. The molecule has 0 aliphatic carbocycles. The molecule has 0 saturated carbocycles. The van der Waals surface area contributed by atoms with Gasteiger partial charge in [0.2, 0.25) is 12.3 Å². The van der Waals surface area contributed by atoms with Gasteiger partial charge in [0.15, 0.2) is 0 Å². The summed E-state index contributed by atoms with van der Waals surface area (Å²) in [4.78, 5) is 13.0. The van der Waals surface area contributed by atoms with Crippen LogP contribution in [0, 0.1) is 0 Å². The summed E-state index contributed by atoms with van der Waals surface area (Å²) in [5.41, 5.74) is 1.66. The third-order valence-electron chi connectivity index (χ3n) is 3.35. The lowest BCUT2D eigenvalue weighted by Gasteiger charge is -2.20. The second-order valence-electron chi connectivity index (χ2n) is 5.66. The fourth-order valence-electron chi connectivity index (χ4n) is 2.27. The number of nitrogens with one attached hydrogen (secondary N) is 1. The smallest absolute Gasteiger partial charge is 0.321 e. The van der Waals surface area contributed by atoms with Gasteiger partial charge in [-0.2, -0.15) is 4.98 Å². The van der Waals surface area contributed by atoms with E-state index in [1.165, 1.54) is 6.39 Å². The molecule has 8 nitrogen and oxygen atoms in total. The van der Waals surface area contributed by atoms with E-state index < -0.39 is 0 Å². The lowest BCUT2D eigenvalue weighted by atomic mass is 10.3. The van der Waals surface area contributed by atoms with Crippen LogP contribution in [0.2, 0.25) is 5.02 Å². The molecule has 0 aliphatic rings. The van der Waals surface area contributed by atoms with Gasteiger partial charge in [0.1, 0.15) is 5.82 Å². The van der Waals surface area contributed by atoms with Gasteiger partial charge >= 0.3 is 6.01 Å². The highest BCUT2D eigenvalue weighted by molar-refractivity contribution is 6.33. The SMILES string of the molecule is CN(C)Cc1cc(Nc2nnco2)nc(N(C)c2ccccc2Cl)n1. The van der Waals surface area contributed by atoms with Gasteiger partial charge in [-0.25, -0.2) is 4.98 Å². The van der Waals surface area contributed by atoms with E-state index >= 15 is 0 Å². The molecule has 3 rings (SSSR count). The van der Waals surface area contributed by atoms with Crippen molar-refractivity contribution in [2.75, 3.05) is 31.4 Å². The van der Waals surface area contributed by atoms with Crippen LogP contribution in [0.5, 0.6) is 0 Å². The van der Waals surface area contributed by atoms with Crippen molar-refractivity contribution >= 4 is 35.1 Å². The molecule has 1 aromatic carbocycles. The van der Waals surface area contributed by atoms with Crippen LogP contribution in [0.4, 0.5) is 23.5 Å². The van der Waals surface area contributed by atoms with Gasteiger partial charge in [-0.1, -0.05) is 28.8 Å². The third-order valence-corrected chi connectivity index (χ3v) is 3.67. The second-order valence-corrected chi connectivity index (χ2v) is 6.07. The molecule has 0 aliphatic heterocycles. The van der Waals surface area contributed by atoms with Crippen molar-refractivity contribution in [1.29, 1.82) is 0 Å². The van der Waals surface area contributed by atoms with Crippen LogP contribution in [-0.2, 0) is 6.54 Å². The predicted molar refractivity (Wildman–Crippen MR) is 96.5 cm³/mol. The molecule has 0 bridgehead atoms. The van der Waals surface area contributed by atoms with Crippen LogP contribution in [-0.4, -0.2) is 46.2 Å². The third kappa shape index (κ3) is 4.23. The number of benzene rings is 1. The van der Waals surface area contributed by atoms with Gasteiger partial charge in [0.25, 0.3) is 0 Å². The standard InChI is InChI=1S/C16H18ClN7O/c1-23(2)9-11-8-14(21-16-22-18-10-25-16)20-15(19-11)24(3)13-7-5-4-6-12(13)17/h4-8,10H,9H2,1-3H3,(H,19,20,21,22). The van der Waals surface area contributed by atoms with E-state index in [9.17, 15) is 0 Å². The molecular weight excluding hydrogens is 342 g/mol. The van der Waals surface area contributed by atoms with Crippen molar-refractivity contribution < 1.29 is 4.42 Å². The van der Waals surface area contributed by atoms with Gasteiger partial charge in [0.05, 0.1) is 16.4 Å². The number of para-hydroxylation sites is 1. The highest BCUT2D eigenvalue weighted by Crippen LogP contribution is 2.29. The Kier molecular flexibility index (Phi) is 5.11. The Bertz CT molecular complexity index is 838. The molecule has 0 atom stereocenters. The number of nitrogens with zero attached hydrogens (tertiary/aromatic N) is 6. The van der Waals surface area contributed by atoms with Crippen LogP contribution in [0.3, 0.4) is 0 Å². The first kappa shape index (κ1) is 17.1. The molecule has 1 N–H and O–H groups in total. The van der Waals surface area contributed by atoms with Crippen LogP contribution < -0.4 is 10.2 Å². The van der Waals surface area contributed by atoms with Crippen molar-refractivity contribution in [3.05, 3.63) is 47.4 Å². The zero-order chi connectivity index (χ0) is 17.8. The zero-order valence-corrected chi connectivity index (χ0v) is 14.9. The maximum atomic E-state index is 6.29. The number of hydrogen-bond acceptors (Lipinski definition) is 8. The van der Waals surface area contributed by atoms with Gasteiger partial charge in [0, 0.05) is 19.7 Å². The summed E-state index contributed by atoms with van der Waals surface area (Å²) >= 11 is 6.29. The van der Waals surface area contributed by atoms with Crippen molar-refractivity contribution in [2.45, 2.75) is 6.54 Å². The second kappa shape index (κ2) is 7.45. The molecule has 0 amide bonds. The van der Waals surface area contributed by atoms with Crippen molar-refractivity contribution in [3.8, 4) is 0 Å². The molecule has 0 radical (unpaired) electrons. The van der Waals surface area contributed by atoms with Crippen LogP contribution in [0.25, 0.3) is 0 Å². The number of halogens is 1. The number of rotatable bonds is 6. The van der Waals surface area contributed by atoms with Crippen LogP contribution >= 0.6 is 11.6 Å². The summed E-state index contributed by atoms with van der Waals surface area (Å²) in [6.07, 6.45) is 1.25. The average Bonchev–Trinajstić information content (AvgIpc) is 3.07. The summed E-state index contributed by atoms with van der Waals surface area (Å²) in [5, 5.41) is 11.1. The minimum Gasteiger partial charge on any atom is -0.411 e. The molecule has 9 heteroatoms. The highest BCUT2D eigenvalue weighted by Gasteiger charge is 2.14. The van der Waals surface area contributed by atoms with Gasteiger partial charge in [-0.15, -0.1) is 5.10 Å². The van der Waals surface area contributed by atoms with Crippen molar-refractivity contribution in [1.82, 2.24) is 25.1 Å². The Morgan fingerprint density at radius 2 is 1.96 bits per heavy atom. The summed E-state index contributed by atoms with van der Waals surface area (Å²) in [7, 11) is 5.82. The van der Waals surface area contributed by atoms with E-state index in [2.05, 4.69) is 25.5 Å². The summed E-state index contributed by atoms with van der Waals surface area (Å²) in [6.45, 7) is 0.657. The predicted octanol–water partition coefficient (Wildman–Crippen LogP) is 3.09. The Morgan fingerprint density at radius 3 is 2.64 bits per heavy atom. The monoisotopic (exact) mass is 359 g/mol. The molecule has 0 spiro atoms. The van der Waals surface area contributed by atoms with E-state index in [1.807, 2.05) is 61.3 Å². The molecule has 3 aromatic rings. The van der Waals surface area contributed by atoms with Crippen LogP contribution in [0.1, 0.15) is 5.69 Å². The quantitative estimate of drug-likeness (QED) is 0.718. The first-order valence-electron chi connectivity index (χ1n) is 7.57. The van der Waals surface area contributed by atoms with Crippen LogP contribution in [0.15, 0.2) is 41.1 Å². The maximum absolute atomic E-state index is 6.29. The Morgan fingerprint density at radius 1 is 1.16 bits per heavy atom. The lowest BCUT2D eigenvalue weighted by molar-refractivity contribution is 0.397. The lowest BCUT2D eigenvalue weighted by Crippen LogP contribution is -2.18. The summed E-state index contributed by atoms with van der Waals surface area (Å²) in [6, 6.07) is 9.64. The Hall–Kier alpha value is -2.71. The fraction of sp³-hybridized carbons (Fsp3) is 0.250. The molecule has 0 unspecified atom stereocenters. The van der Waals surface area contributed by atoms with Gasteiger partial charge in [-0.05, 0) is 26.2 Å². The molecule has 25 heavy (non-hydrogen) atoms. The van der Waals surface area contributed by atoms with E-state index in [0.717, 1.165) is 11.4 Å². The first-order valence-corrected chi connectivity index (χ1v) is 7.95. The molecule has 0 fully saturated rings.